The van der Waals surface area contributed by atoms with Crippen LogP contribution < -0.4 is 0 Å². The Morgan fingerprint density at radius 2 is 1.94 bits per heavy atom. The Hall–Kier alpha value is -1.32. The Kier molecular flexibility index (Phi) is 4.73. The lowest BCUT2D eigenvalue weighted by Gasteiger charge is -2.09. The van der Waals surface area contributed by atoms with Crippen molar-refractivity contribution in [3.63, 3.8) is 0 Å². The molecular formula is C13H22N2O2. The molecule has 1 N–H and O–H groups in total. The molecule has 1 heterocycles. The van der Waals surface area contributed by atoms with Crippen LogP contribution in [0.1, 0.15) is 62.9 Å². The Morgan fingerprint density at radius 3 is 2.41 bits per heavy atom. The highest BCUT2D eigenvalue weighted by atomic mass is 16.5. The van der Waals surface area contributed by atoms with Crippen LogP contribution in [0.3, 0.4) is 0 Å². The number of carbonyl (C=O) groups is 1. The molecule has 0 spiro atoms. The highest BCUT2D eigenvalue weighted by Gasteiger charge is 2.18. The molecule has 0 bridgehead atoms. The first kappa shape index (κ1) is 13.7. The summed E-state index contributed by atoms with van der Waals surface area (Å²) in [7, 11) is 1.42. The minimum atomic E-state index is -0.171. The number of rotatable bonds is 5. The van der Waals surface area contributed by atoms with Gasteiger partial charge >= 0.3 is 5.97 Å². The van der Waals surface area contributed by atoms with Gasteiger partial charge in [0.15, 0.2) is 0 Å². The van der Waals surface area contributed by atoms with Crippen LogP contribution >= 0.6 is 0 Å². The summed E-state index contributed by atoms with van der Waals surface area (Å²) < 4.78 is 4.68. The fourth-order valence-corrected chi connectivity index (χ4v) is 1.94. The summed E-state index contributed by atoms with van der Waals surface area (Å²) in [6.07, 6.45) is 1.11. The number of aromatic amines is 1. The van der Waals surface area contributed by atoms with Crippen molar-refractivity contribution >= 4 is 5.97 Å². The third-order valence-electron chi connectivity index (χ3n) is 2.86. The maximum atomic E-state index is 11.2. The van der Waals surface area contributed by atoms with Gasteiger partial charge in [0, 0.05) is 12.1 Å². The van der Waals surface area contributed by atoms with Crippen molar-refractivity contribution in [1.29, 1.82) is 0 Å². The van der Waals surface area contributed by atoms with Crippen molar-refractivity contribution < 1.29 is 9.53 Å². The van der Waals surface area contributed by atoms with E-state index in [1.807, 2.05) is 0 Å². The van der Waals surface area contributed by atoms with Gasteiger partial charge in [-0.15, -0.1) is 0 Å². The number of H-pyrrole nitrogens is 1. The van der Waals surface area contributed by atoms with Gasteiger partial charge in [-0.25, -0.2) is 0 Å². The van der Waals surface area contributed by atoms with Crippen molar-refractivity contribution in [3.8, 4) is 0 Å². The highest BCUT2D eigenvalue weighted by molar-refractivity contribution is 5.69. The monoisotopic (exact) mass is 238 g/mol. The molecule has 0 aromatic carbocycles. The molecule has 0 aliphatic rings. The average Bonchev–Trinajstić information content (AvgIpc) is 2.69. The van der Waals surface area contributed by atoms with Crippen molar-refractivity contribution in [2.24, 2.45) is 0 Å². The van der Waals surface area contributed by atoms with Gasteiger partial charge in [-0.1, -0.05) is 27.7 Å². The topological polar surface area (TPSA) is 55.0 Å². The van der Waals surface area contributed by atoms with Gasteiger partial charge in [0.2, 0.25) is 0 Å². The molecule has 1 aromatic heterocycles. The summed E-state index contributed by atoms with van der Waals surface area (Å²) in [6, 6.07) is 0. The van der Waals surface area contributed by atoms with Crippen LogP contribution in [0.5, 0.6) is 0 Å². The molecule has 0 radical (unpaired) electrons. The van der Waals surface area contributed by atoms with Crippen LogP contribution in [0.2, 0.25) is 0 Å². The normalized spacial score (nSPS) is 11.2. The Morgan fingerprint density at radius 1 is 1.29 bits per heavy atom. The summed E-state index contributed by atoms with van der Waals surface area (Å²) in [6.45, 7) is 8.47. The van der Waals surface area contributed by atoms with E-state index in [1.54, 1.807) is 0 Å². The van der Waals surface area contributed by atoms with Crippen molar-refractivity contribution in [2.75, 3.05) is 7.11 Å². The lowest BCUT2D eigenvalue weighted by atomic mass is 9.96. The summed E-state index contributed by atoms with van der Waals surface area (Å²) in [5.74, 6) is 0.588. The fourth-order valence-electron chi connectivity index (χ4n) is 1.94. The van der Waals surface area contributed by atoms with Gasteiger partial charge in [-0.05, 0) is 23.8 Å². The molecule has 1 rings (SSSR count). The zero-order valence-corrected chi connectivity index (χ0v) is 11.3. The van der Waals surface area contributed by atoms with E-state index in [4.69, 9.17) is 0 Å². The number of aromatic nitrogens is 2. The maximum Gasteiger partial charge on any atom is 0.305 e. The molecule has 96 valence electrons. The highest BCUT2D eigenvalue weighted by Crippen LogP contribution is 2.26. The number of nitrogens with one attached hydrogen (secondary N) is 1. The van der Waals surface area contributed by atoms with Gasteiger partial charge in [0.05, 0.1) is 12.8 Å². The van der Waals surface area contributed by atoms with E-state index in [9.17, 15) is 4.79 Å². The zero-order valence-electron chi connectivity index (χ0n) is 11.3. The van der Waals surface area contributed by atoms with Crippen LogP contribution in [0.15, 0.2) is 0 Å². The van der Waals surface area contributed by atoms with E-state index >= 15 is 0 Å². The van der Waals surface area contributed by atoms with Crippen LogP contribution in [0.4, 0.5) is 0 Å². The van der Waals surface area contributed by atoms with Crippen molar-refractivity contribution in [3.05, 3.63) is 17.0 Å². The summed E-state index contributed by atoms with van der Waals surface area (Å²) in [4.78, 5) is 11.2. The predicted molar refractivity (Wildman–Crippen MR) is 67.1 cm³/mol. The number of ether oxygens (including phenoxy) is 1. The molecule has 0 fully saturated rings. The summed E-state index contributed by atoms with van der Waals surface area (Å²) in [5, 5.41) is 7.46. The van der Waals surface area contributed by atoms with Gasteiger partial charge in [-0.3, -0.25) is 9.89 Å². The molecule has 17 heavy (non-hydrogen) atoms. The standard InChI is InChI=1S/C13H22N2O2/c1-8(2)12-10(6-7-11(16)17-5)13(9(3)4)15-14-12/h8-9H,6-7H2,1-5H3,(H,14,15). The van der Waals surface area contributed by atoms with Crippen LogP contribution in [-0.2, 0) is 16.0 Å². The van der Waals surface area contributed by atoms with E-state index in [0.717, 1.165) is 11.4 Å². The molecule has 1 aromatic rings. The summed E-state index contributed by atoms with van der Waals surface area (Å²) >= 11 is 0. The van der Waals surface area contributed by atoms with Crippen LogP contribution in [-0.4, -0.2) is 23.3 Å². The van der Waals surface area contributed by atoms with Crippen molar-refractivity contribution in [1.82, 2.24) is 10.2 Å². The first-order valence-electron chi connectivity index (χ1n) is 6.11. The smallest absolute Gasteiger partial charge is 0.305 e. The largest absolute Gasteiger partial charge is 0.469 e. The second-order valence-corrected chi connectivity index (χ2v) is 4.89. The quantitative estimate of drug-likeness (QED) is 0.802. The predicted octanol–water partition coefficient (Wildman–Crippen LogP) is 2.76. The molecule has 0 atom stereocenters. The molecule has 0 saturated heterocycles. The number of carbonyl (C=O) groups excluding carboxylic acids is 1. The number of methoxy groups -OCH3 is 1. The zero-order chi connectivity index (χ0) is 13.0. The Balaban J connectivity index is 2.92. The molecule has 0 amide bonds. The summed E-state index contributed by atoms with van der Waals surface area (Å²) in [5.41, 5.74) is 3.38. The Bertz CT molecular complexity index is 355. The first-order valence-corrected chi connectivity index (χ1v) is 6.11. The molecule has 0 saturated carbocycles. The number of nitrogens with zero attached hydrogens (tertiary/aromatic N) is 1. The lowest BCUT2D eigenvalue weighted by Crippen LogP contribution is -2.05. The molecule has 0 unspecified atom stereocenters. The number of hydrogen-bond acceptors (Lipinski definition) is 3. The third-order valence-corrected chi connectivity index (χ3v) is 2.86. The van der Waals surface area contributed by atoms with E-state index in [0.29, 0.717) is 24.7 Å². The van der Waals surface area contributed by atoms with E-state index in [2.05, 4.69) is 42.6 Å². The molecule has 4 heteroatoms. The fraction of sp³-hybridized carbons (Fsp3) is 0.692. The van der Waals surface area contributed by atoms with Gasteiger partial charge < -0.3 is 4.74 Å². The SMILES string of the molecule is COC(=O)CCc1c(C(C)C)n[nH]c1C(C)C. The molecular weight excluding hydrogens is 216 g/mol. The molecule has 0 aliphatic heterocycles. The Labute approximate surface area is 103 Å². The lowest BCUT2D eigenvalue weighted by molar-refractivity contribution is -0.140. The molecule has 0 aliphatic carbocycles. The number of hydrogen-bond donors (Lipinski definition) is 1. The number of esters is 1. The van der Waals surface area contributed by atoms with Gasteiger partial charge in [0.25, 0.3) is 0 Å². The van der Waals surface area contributed by atoms with Gasteiger partial charge in [0.1, 0.15) is 0 Å². The van der Waals surface area contributed by atoms with Crippen molar-refractivity contribution in [2.45, 2.75) is 52.4 Å². The van der Waals surface area contributed by atoms with Gasteiger partial charge in [-0.2, -0.15) is 5.10 Å². The maximum absolute atomic E-state index is 11.2. The van der Waals surface area contributed by atoms with E-state index in [1.165, 1.54) is 12.7 Å². The minimum absolute atomic E-state index is 0.171. The first-order chi connectivity index (χ1) is 7.97. The van der Waals surface area contributed by atoms with E-state index < -0.39 is 0 Å². The second-order valence-electron chi connectivity index (χ2n) is 4.89. The van der Waals surface area contributed by atoms with Crippen LogP contribution in [0.25, 0.3) is 0 Å². The van der Waals surface area contributed by atoms with Crippen LogP contribution in [0, 0.1) is 0 Å². The molecule has 4 nitrogen and oxygen atoms in total. The second kappa shape index (κ2) is 5.84. The average molecular weight is 238 g/mol. The minimum Gasteiger partial charge on any atom is -0.469 e. The third kappa shape index (κ3) is 3.32. The van der Waals surface area contributed by atoms with E-state index in [-0.39, 0.29) is 5.97 Å².